The zero-order valence-corrected chi connectivity index (χ0v) is 15.3. The minimum absolute atomic E-state index is 0.0171. The second-order valence-electron chi connectivity index (χ2n) is 6.10. The molecule has 1 N–H and O–H groups in total. The van der Waals surface area contributed by atoms with Crippen molar-refractivity contribution in [3.8, 4) is 23.1 Å². The molecule has 8 nitrogen and oxygen atoms in total. The highest BCUT2D eigenvalue weighted by molar-refractivity contribution is 6.03. The summed E-state index contributed by atoms with van der Waals surface area (Å²) in [6.07, 6.45) is 0. The van der Waals surface area contributed by atoms with Crippen LogP contribution in [0.4, 0.5) is 6.01 Å². The Labute approximate surface area is 160 Å². The van der Waals surface area contributed by atoms with Gasteiger partial charge >= 0.3 is 6.01 Å². The van der Waals surface area contributed by atoms with Gasteiger partial charge in [0.15, 0.2) is 0 Å². The van der Waals surface area contributed by atoms with E-state index in [1.807, 2.05) is 43.3 Å². The van der Waals surface area contributed by atoms with Crippen molar-refractivity contribution in [1.29, 1.82) is 0 Å². The average molecular weight is 375 g/mol. The lowest BCUT2D eigenvalue weighted by Gasteiger charge is -2.06. The topological polar surface area (TPSA) is 95.1 Å². The first-order valence-electron chi connectivity index (χ1n) is 8.57. The highest BCUT2D eigenvalue weighted by atomic mass is 16.5. The second-order valence-corrected chi connectivity index (χ2v) is 6.10. The van der Waals surface area contributed by atoms with Crippen LogP contribution in [0, 0.1) is 6.92 Å². The molecule has 0 saturated heterocycles. The summed E-state index contributed by atoms with van der Waals surface area (Å²) in [5, 5.41) is 14.7. The van der Waals surface area contributed by atoms with Crippen molar-refractivity contribution in [2.75, 3.05) is 5.32 Å². The fourth-order valence-corrected chi connectivity index (χ4v) is 2.66. The summed E-state index contributed by atoms with van der Waals surface area (Å²) in [4.78, 5) is 12.4. The Hall–Kier alpha value is -3.94. The molecule has 0 unspecified atom stereocenters. The predicted molar refractivity (Wildman–Crippen MR) is 102 cm³/mol. The molecule has 0 spiro atoms. The van der Waals surface area contributed by atoms with Gasteiger partial charge in [-0.15, -0.1) is 5.10 Å². The molecule has 4 aromatic rings. The van der Waals surface area contributed by atoms with E-state index in [2.05, 4.69) is 20.6 Å². The van der Waals surface area contributed by atoms with Gasteiger partial charge in [-0.3, -0.25) is 14.8 Å². The lowest BCUT2D eigenvalue weighted by atomic mass is 10.2. The van der Waals surface area contributed by atoms with Gasteiger partial charge in [0.2, 0.25) is 0 Å². The van der Waals surface area contributed by atoms with E-state index in [4.69, 9.17) is 9.15 Å². The summed E-state index contributed by atoms with van der Waals surface area (Å²) in [6.45, 7) is 1.87. The number of nitrogens with zero attached hydrogens (tertiary/aromatic N) is 4. The molecule has 0 aliphatic carbocycles. The van der Waals surface area contributed by atoms with Crippen LogP contribution in [0.1, 0.15) is 16.1 Å². The molecule has 0 aliphatic heterocycles. The van der Waals surface area contributed by atoms with Gasteiger partial charge in [-0.25, -0.2) is 0 Å². The quantitative estimate of drug-likeness (QED) is 0.570. The van der Waals surface area contributed by atoms with Gasteiger partial charge in [0.05, 0.1) is 5.69 Å². The molecule has 0 fully saturated rings. The lowest BCUT2D eigenvalue weighted by Crippen LogP contribution is -2.11. The Morgan fingerprint density at radius 3 is 2.43 bits per heavy atom. The summed E-state index contributed by atoms with van der Waals surface area (Å²) in [5.74, 6) is 1.28. The smallest absolute Gasteiger partial charge is 0.322 e. The number of aryl methyl sites for hydroxylation is 2. The van der Waals surface area contributed by atoms with E-state index >= 15 is 0 Å². The molecular weight excluding hydrogens is 358 g/mol. The number of para-hydroxylation sites is 1. The third kappa shape index (κ3) is 3.75. The largest absolute Gasteiger partial charge is 0.457 e. The van der Waals surface area contributed by atoms with E-state index < -0.39 is 0 Å². The Balaban J connectivity index is 1.43. The van der Waals surface area contributed by atoms with E-state index in [9.17, 15) is 4.79 Å². The summed E-state index contributed by atoms with van der Waals surface area (Å²) in [7, 11) is 1.78. The molecule has 0 saturated carbocycles. The fraction of sp³-hybridized carbons (Fsp3) is 0.100. The summed E-state index contributed by atoms with van der Waals surface area (Å²) < 4.78 is 12.9. The SMILES string of the molecule is Cc1cc(-c2nnc(NC(=O)c3ccc(Oc4ccccc4)cc3)o2)n(C)n1. The number of amides is 1. The molecule has 2 aromatic heterocycles. The van der Waals surface area contributed by atoms with Crippen molar-refractivity contribution in [3.05, 3.63) is 71.9 Å². The molecule has 0 aliphatic rings. The summed E-state index contributed by atoms with van der Waals surface area (Å²) in [6, 6.07) is 18.0. The number of anilines is 1. The maximum Gasteiger partial charge on any atom is 0.322 e. The first kappa shape index (κ1) is 17.5. The Morgan fingerprint density at radius 1 is 1.04 bits per heavy atom. The van der Waals surface area contributed by atoms with Crippen LogP contribution in [0.3, 0.4) is 0 Å². The molecule has 4 rings (SSSR count). The molecule has 0 bridgehead atoms. The molecule has 0 atom stereocenters. The third-order valence-electron chi connectivity index (χ3n) is 3.96. The number of carbonyl (C=O) groups is 1. The van der Waals surface area contributed by atoms with Gasteiger partial charge in [0.1, 0.15) is 17.2 Å². The van der Waals surface area contributed by atoms with E-state index in [0.717, 1.165) is 11.4 Å². The van der Waals surface area contributed by atoms with Crippen molar-refractivity contribution in [3.63, 3.8) is 0 Å². The van der Waals surface area contributed by atoms with Gasteiger partial charge in [-0.05, 0) is 49.4 Å². The Bertz CT molecular complexity index is 1100. The Kier molecular flexibility index (Phi) is 4.59. The normalized spacial score (nSPS) is 10.6. The number of hydrogen-bond donors (Lipinski definition) is 1. The first-order valence-corrected chi connectivity index (χ1v) is 8.57. The minimum Gasteiger partial charge on any atom is -0.457 e. The third-order valence-corrected chi connectivity index (χ3v) is 3.96. The van der Waals surface area contributed by atoms with Crippen LogP contribution in [0.2, 0.25) is 0 Å². The molecule has 28 heavy (non-hydrogen) atoms. The van der Waals surface area contributed by atoms with Crippen LogP contribution in [-0.2, 0) is 7.05 Å². The fourth-order valence-electron chi connectivity index (χ4n) is 2.66. The van der Waals surface area contributed by atoms with Crippen LogP contribution in [0.5, 0.6) is 11.5 Å². The van der Waals surface area contributed by atoms with E-state index in [1.54, 1.807) is 36.0 Å². The monoisotopic (exact) mass is 375 g/mol. The Morgan fingerprint density at radius 2 is 1.75 bits per heavy atom. The second kappa shape index (κ2) is 7.36. The number of hydrogen-bond acceptors (Lipinski definition) is 6. The molecule has 1 amide bonds. The number of rotatable bonds is 5. The summed E-state index contributed by atoms with van der Waals surface area (Å²) >= 11 is 0. The van der Waals surface area contributed by atoms with Crippen LogP contribution < -0.4 is 10.1 Å². The zero-order chi connectivity index (χ0) is 19.5. The van der Waals surface area contributed by atoms with Crippen LogP contribution >= 0.6 is 0 Å². The maximum atomic E-state index is 12.4. The van der Waals surface area contributed by atoms with Crippen LogP contribution in [0.15, 0.2) is 65.1 Å². The number of nitrogens with one attached hydrogen (secondary N) is 1. The molecule has 8 heteroatoms. The lowest BCUT2D eigenvalue weighted by molar-refractivity contribution is 0.102. The maximum absolute atomic E-state index is 12.4. The van der Waals surface area contributed by atoms with E-state index in [1.165, 1.54) is 0 Å². The number of carbonyl (C=O) groups excluding carboxylic acids is 1. The van der Waals surface area contributed by atoms with E-state index in [0.29, 0.717) is 17.0 Å². The minimum atomic E-state index is -0.359. The zero-order valence-electron chi connectivity index (χ0n) is 15.3. The van der Waals surface area contributed by atoms with Crippen LogP contribution in [-0.4, -0.2) is 25.9 Å². The predicted octanol–water partition coefficient (Wildman–Crippen LogP) is 3.82. The molecular formula is C20H17N5O3. The van der Waals surface area contributed by atoms with Gasteiger partial charge in [-0.2, -0.15) is 5.10 Å². The van der Waals surface area contributed by atoms with Gasteiger partial charge < -0.3 is 9.15 Å². The van der Waals surface area contributed by atoms with Crippen molar-refractivity contribution < 1.29 is 13.9 Å². The highest BCUT2D eigenvalue weighted by Gasteiger charge is 2.15. The molecule has 2 heterocycles. The van der Waals surface area contributed by atoms with E-state index in [-0.39, 0.29) is 17.8 Å². The van der Waals surface area contributed by atoms with Gasteiger partial charge in [0, 0.05) is 12.6 Å². The average Bonchev–Trinajstić information content (AvgIpc) is 3.28. The molecule has 140 valence electrons. The number of aromatic nitrogens is 4. The van der Waals surface area contributed by atoms with Crippen LogP contribution in [0.25, 0.3) is 11.6 Å². The van der Waals surface area contributed by atoms with Crippen molar-refractivity contribution in [2.45, 2.75) is 6.92 Å². The number of ether oxygens (including phenoxy) is 1. The van der Waals surface area contributed by atoms with Crippen molar-refractivity contribution in [2.24, 2.45) is 7.05 Å². The molecule has 0 radical (unpaired) electrons. The van der Waals surface area contributed by atoms with Crippen molar-refractivity contribution in [1.82, 2.24) is 20.0 Å². The number of benzene rings is 2. The van der Waals surface area contributed by atoms with Gasteiger partial charge in [0.25, 0.3) is 11.8 Å². The highest BCUT2D eigenvalue weighted by Crippen LogP contribution is 2.23. The van der Waals surface area contributed by atoms with Gasteiger partial charge in [-0.1, -0.05) is 23.3 Å². The van der Waals surface area contributed by atoms with Crippen molar-refractivity contribution >= 4 is 11.9 Å². The molecule has 2 aromatic carbocycles. The first-order chi connectivity index (χ1) is 13.6. The summed E-state index contributed by atoms with van der Waals surface area (Å²) in [5.41, 5.74) is 1.95. The standard InChI is InChI=1S/C20H17N5O3/c1-13-12-17(25(2)24-13)19-22-23-20(28-19)21-18(26)14-8-10-16(11-9-14)27-15-6-4-3-5-7-15/h3-12H,1-2H3,(H,21,23,26).